The smallest absolute Gasteiger partial charge is 0.423 e. The minimum absolute atomic E-state index is 0.0424. The van der Waals surface area contributed by atoms with Gasteiger partial charge in [-0.2, -0.15) is 0 Å². The first-order chi connectivity index (χ1) is 9.86. The topological polar surface area (TPSA) is 133 Å². The molecule has 2 rings (SSSR count). The van der Waals surface area contributed by atoms with Crippen molar-refractivity contribution in [2.45, 2.75) is 19.4 Å². The zero-order valence-electron chi connectivity index (χ0n) is 10.8. The van der Waals surface area contributed by atoms with Crippen LogP contribution in [0.3, 0.4) is 0 Å². The van der Waals surface area contributed by atoms with Crippen LogP contribution in [0, 0.1) is 10.1 Å². The molecule has 110 valence electrons. The normalized spacial score (nSPS) is 12.2. The van der Waals surface area contributed by atoms with Gasteiger partial charge in [0, 0.05) is 12.1 Å². The molecule has 9 heteroatoms. The van der Waals surface area contributed by atoms with Crippen molar-refractivity contribution in [3.63, 3.8) is 0 Å². The third kappa shape index (κ3) is 2.40. The third-order valence-corrected chi connectivity index (χ3v) is 3.03. The highest BCUT2D eigenvalue weighted by Crippen LogP contribution is 2.21. The van der Waals surface area contributed by atoms with E-state index >= 15 is 0 Å². The summed E-state index contributed by atoms with van der Waals surface area (Å²) >= 11 is 0. The number of aromatic nitrogens is 1. The quantitative estimate of drug-likeness (QED) is 0.654. The number of aliphatic carboxylic acids is 1. The minimum atomic E-state index is -1.30. The Balaban J connectivity index is 2.94. The van der Waals surface area contributed by atoms with Crippen molar-refractivity contribution in [1.82, 2.24) is 4.57 Å². The summed E-state index contributed by atoms with van der Waals surface area (Å²) < 4.78 is 5.22. The molecule has 0 aliphatic carbocycles. The van der Waals surface area contributed by atoms with Gasteiger partial charge in [-0.15, -0.1) is 0 Å². The van der Waals surface area contributed by atoms with E-state index in [2.05, 4.69) is 4.42 Å². The summed E-state index contributed by atoms with van der Waals surface area (Å²) in [5, 5.41) is 19.8. The number of nitro groups is 1. The van der Waals surface area contributed by atoms with Gasteiger partial charge in [-0.3, -0.25) is 14.7 Å². The number of hydrogen-bond acceptors (Lipinski definition) is 6. The monoisotopic (exact) mass is 294 g/mol. The van der Waals surface area contributed by atoms with E-state index in [4.69, 9.17) is 5.11 Å². The highest BCUT2D eigenvalue weighted by molar-refractivity contribution is 5.82. The number of nitrogens with zero attached hydrogens (tertiary/aromatic N) is 2. The molecule has 0 radical (unpaired) electrons. The lowest BCUT2D eigenvalue weighted by molar-refractivity contribution is -0.384. The standard InChI is InChI=1S/C12H10N2O7/c1-2-8(10(15)16)13-9-5-6(14(19)20)3-4-7(9)11(17)21-12(13)18/h3-5,8H,2H2,1H3,(H,15,16). The average Bonchev–Trinajstić information content (AvgIpc) is 2.42. The fourth-order valence-electron chi connectivity index (χ4n) is 2.05. The Morgan fingerprint density at radius 1 is 1.48 bits per heavy atom. The van der Waals surface area contributed by atoms with E-state index in [-0.39, 0.29) is 23.0 Å². The zero-order chi connectivity index (χ0) is 15.7. The van der Waals surface area contributed by atoms with E-state index in [0.29, 0.717) is 0 Å². The van der Waals surface area contributed by atoms with E-state index in [1.54, 1.807) is 0 Å². The lowest BCUT2D eigenvalue weighted by Crippen LogP contribution is -2.32. The number of nitro benzene ring substituents is 1. The second-order valence-corrected chi connectivity index (χ2v) is 4.25. The summed E-state index contributed by atoms with van der Waals surface area (Å²) in [4.78, 5) is 44.7. The molecule has 1 N–H and O–H groups in total. The average molecular weight is 294 g/mol. The predicted octanol–water partition coefficient (Wildman–Crippen LogP) is 0.899. The molecular weight excluding hydrogens is 284 g/mol. The zero-order valence-corrected chi connectivity index (χ0v) is 10.8. The first-order valence-corrected chi connectivity index (χ1v) is 5.93. The summed E-state index contributed by atoms with van der Waals surface area (Å²) in [6.45, 7) is 1.53. The number of fused-ring (bicyclic) bond motifs is 1. The van der Waals surface area contributed by atoms with Crippen molar-refractivity contribution in [2.24, 2.45) is 0 Å². The van der Waals surface area contributed by atoms with Gasteiger partial charge < -0.3 is 9.52 Å². The number of carboxylic acid groups (broad SMARTS) is 1. The minimum Gasteiger partial charge on any atom is -0.480 e. The molecule has 0 bridgehead atoms. The number of rotatable bonds is 4. The lowest BCUT2D eigenvalue weighted by atomic mass is 10.1. The highest BCUT2D eigenvalue weighted by atomic mass is 16.6. The van der Waals surface area contributed by atoms with Crippen LogP contribution in [0.5, 0.6) is 0 Å². The molecule has 0 amide bonds. The van der Waals surface area contributed by atoms with E-state index in [1.807, 2.05) is 0 Å². The molecule has 0 aliphatic rings. The van der Waals surface area contributed by atoms with Gasteiger partial charge in [-0.25, -0.2) is 14.4 Å². The summed E-state index contributed by atoms with van der Waals surface area (Å²) in [5.74, 6) is -2.47. The number of carboxylic acids is 1. The highest BCUT2D eigenvalue weighted by Gasteiger charge is 2.24. The maximum Gasteiger partial charge on any atom is 0.423 e. The fourth-order valence-corrected chi connectivity index (χ4v) is 2.05. The number of benzene rings is 1. The van der Waals surface area contributed by atoms with Gasteiger partial charge >= 0.3 is 17.4 Å². The first kappa shape index (κ1) is 14.4. The van der Waals surface area contributed by atoms with Crippen LogP contribution >= 0.6 is 0 Å². The molecular formula is C12H10N2O7. The van der Waals surface area contributed by atoms with E-state index < -0.39 is 28.3 Å². The second kappa shape index (κ2) is 5.19. The van der Waals surface area contributed by atoms with Crippen LogP contribution in [0.4, 0.5) is 5.69 Å². The maximum absolute atomic E-state index is 11.8. The summed E-state index contributed by atoms with van der Waals surface area (Å²) in [6, 6.07) is 1.91. The van der Waals surface area contributed by atoms with Gasteiger partial charge in [-0.05, 0) is 12.5 Å². The van der Waals surface area contributed by atoms with E-state index in [1.165, 1.54) is 6.92 Å². The maximum atomic E-state index is 11.8. The number of non-ortho nitro benzene ring substituents is 1. The van der Waals surface area contributed by atoms with Crippen LogP contribution in [0.25, 0.3) is 10.9 Å². The van der Waals surface area contributed by atoms with Crippen molar-refractivity contribution in [3.8, 4) is 0 Å². The van der Waals surface area contributed by atoms with Crippen LogP contribution in [-0.2, 0) is 4.79 Å². The molecule has 1 aromatic carbocycles. The molecule has 0 saturated heterocycles. The van der Waals surface area contributed by atoms with Crippen molar-refractivity contribution < 1.29 is 19.2 Å². The van der Waals surface area contributed by atoms with Crippen molar-refractivity contribution in [3.05, 3.63) is 49.3 Å². The van der Waals surface area contributed by atoms with Crippen molar-refractivity contribution >= 4 is 22.6 Å². The van der Waals surface area contributed by atoms with Crippen molar-refractivity contribution in [1.29, 1.82) is 0 Å². The van der Waals surface area contributed by atoms with Gasteiger partial charge in [0.1, 0.15) is 6.04 Å². The Bertz CT molecular complexity index is 849. The molecule has 2 aromatic rings. The Hall–Kier alpha value is -2.97. The van der Waals surface area contributed by atoms with Gasteiger partial charge in [0.15, 0.2) is 0 Å². The number of hydrogen-bond donors (Lipinski definition) is 1. The van der Waals surface area contributed by atoms with Crippen LogP contribution in [0.15, 0.2) is 32.2 Å². The molecule has 9 nitrogen and oxygen atoms in total. The molecule has 0 spiro atoms. The fraction of sp³-hybridized carbons (Fsp3) is 0.250. The van der Waals surface area contributed by atoms with Gasteiger partial charge in [0.05, 0.1) is 15.8 Å². The second-order valence-electron chi connectivity index (χ2n) is 4.25. The van der Waals surface area contributed by atoms with E-state index in [9.17, 15) is 24.5 Å². The third-order valence-electron chi connectivity index (χ3n) is 3.03. The molecule has 0 fully saturated rings. The molecule has 1 atom stereocenters. The Labute approximate surface area is 116 Å². The van der Waals surface area contributed by atoms with E-state index in [0.717, 1.165) is 22.8 Å². The molecule has 1 unspecified atom stereocenters. The van der Waals surface area contributed by atoms with Gasteiger partial charge in [0.2, 0.25) is 0 Å². The van der Waals surface area contributed by atoms with Crippen LogP contribution in [0.1, 0.15) is 19.4 Å². The Morgan fingerprint density at radius 2 is 2.14 bits per heavy atom. The van der Waals surface area contributed by atoms with Crippen LogP contribution in [-0.4, -0.2) is 20.6 Å². The predicted molar refractivity (Wildman–Crippen MR) is 70.4 cm³/mol. The molecule has 0 aliphatic heterocycles. The summed E-state index contributed by atoms with van der Waals surface area (Å²) in [6.07, 6.45) is 0.0424. The molecule has 1 heterocycles. The van der Waals surface area contributed by atoms with Gasteiger partial charge in [-0.1, -0.05) is 6.92 Å². The Kier molecular flexibility index (Phi) is 3.57. The summed E-state index contributed by atoms with van der Waals surface area (Å²) in [5.41, 5.74) is -1.47. The van der Waals surface area contributed by atoms with Crippen molar-refractivity contribution in [2.75, 3.05) is 0 Å². The number of carbonyl (C=O) groups is 1. The van der Waals surface area contributed by atoms with Crippen LogP contribution < -0.4 is 11.4 Å². The molecule has 1 aromatic heterocycles. The lowest BCUT2D eigenvalue weighted by Gasteiger charge is -2.14. The Morgan fingerprint density at radius 3 is 2.67 bits per heavy atom. The molecule has 21 heavy (non-hydrogen) atoms. The molecule has 0 saturated carbocycles. The largest absolute Gasteiger partial charge is 0.480 e. The summed E-state index contributed by atoms with van der Waals surface area (Å²) in [7, 11) is 0. The first-order valence-electron chi connectivity index (χ1n) is 5.93. The van der Waals surface area contributed by atoms with Crippen LogP contribution in [0.2, 0.25) is 0 Å². The SMILES string of the molecule is CCC(C(=O)O)n1c(=O)oc(=O)c2ccc([N+](=O)[O-])cc21. The van der Waals surface area contributed by atoms with Gasteiger partial charge in [0.25, 0.3) is 5.69 Å².